The van der Waals surface area contributed by atoms with Crippen LogP contribution in [0.3, 0.4) is 0 Å². The molecule has 1 aromatic heterocycles. The van der Waals surface area contributed by atoms with E-state index in [0.717, 1.165) is 35.5 Å². The molecule has 0 unspecified atom stereocenters. The van der Waals surface area contributed by atoms with Gasteiger partial charge in [-0.15, -0.1) is 0 Å². The number of amides is 1. The first-order valence-electron chi connectivity index (χ1n) is 10.00. The van der Waals surface area contributed by atoms with Crippen molar-refractivity contribution in [2.45, 2.75) is 17.8 Å². The van der Waals surface area contributed by atoms with Crippen LogP contribution in [-0.2, 0) is 17.4 Å². The molecule has 0 saturated carbocycles. The minimum absolute atomic E-state index is 0.0692. The maximum Gasteiger partial charge on any atom is 0.433 e. The predicted molar refractivity (Wildman–Crippen MR) is 119 cm³/mol. The van der Waals surface area contributed by atoms with E-state index in [0.29, 0.717) is 23.6 Å². The van der Waals surface area contributed by atoms with Crippen LogP contribution < -0.4 is 14.4 Å². The van der Waals surface area contributed by atoms with Crippen molar-refractivity contribution in [2.75, 3.05) is 31.4 Å². The predicted octanol–water partition coefficient (Wildman–Crippen LogP) is 4.86. The molecule has 3 aromatic rings. The zero-order valence-electron chi connectivity index (χ0n) is 17.8. The molecule has 6 nitrogen and oxygen atoms in total. The normalized spacial score (nSPS) is 13.1. The smallest absolute Gasteiger partial charge is 0.433 e. The van der Waals surface area contributed by atoms with Gasteiger partial charge in [-0.25, -0.2) is 9.97 Å². The molecule has 4 rings (SSSR count). The first-order chi connectivity index (χ1) is 15.8. The highest BCUT2D eigenvalue weighted by Gasteiger charge is 2.34. The Balaban J connectivity index is 1.60. The van der Waals surface area contributed by atoms with Gasteiger partial charge in [0.2, 0.25) is 5.91 Å². The van der Waals surface area contributed by atoms with E-state index in [1.165, 1.54) is 14.2 Å². The Hall–Kier alpha value is -3.27. The third-order valence-electron chi connectivity index (χ3n) is 5.19. The molecule has 0 atom stereocenters. The van der Waals surface area contributed by atoms with Crippen LogP contribution in [0.2, 0.25) is 0 Å². The number of ether oxygens (including phenoxy) is 2. The van der Waals surface area contributed by atoms with Gasteiger partial charge < -0.3 is 14.4 Å². The average molecular weight is 475 g/mol. The van der Waals surface area contributed by atoms with Gasteiger partial charge in [-0.05, 0) is 42.3 Å². The Bertz CT molecular complexity index is 1190. The van der Waals surface area contributed by atoms with Crippen LogP contribution in [0, 0.1) is 0 Å². The van der Waals surface area contributed by atoms with Gasteiger partial charge in [0.1, 0.15) is 5.69 Å². The third-order valence-corrected chi connectivity index (χ3v) is 6.02. The van der Waals surface area contributed by atoms with Gasteiger partial charge in [0.05, 0.1) is 25.7 Å². The molecule has 0 saturated heterocycles. The van der Waals surface area contributed by atoms with Crippen LogP contribution >= 0.6 is 11.8 Å². The van der Waals surface area contributed by atoms with E-state index >= 15 is 0 Å². The van der Waals surface area contributed by atoms with Crippen LogP contribution in [-0.4, -0.2) is 42.4 Å². The first kappa shape index (κ1) is 22.9. The second kappa shape index (κ2) is 9.30. The lowest BCUT2D eigenvalue weighted by molar-refractivity contribution is -0.141. The molecule has 1 amide bonds. The van der Waals surface area contributed by atoms with Crippen molar-refractivity contribution < 1.29 is 27.4 Å². The summed E-state index contributed by atoms with van der Waals surface area (Å²) in [5.41, 5.74) is 1.30. The lowest BCUT2D eigenvalue weighted by Gasteiger charge is -2.17. The number of halogens is 3. The van der Waals surface area contributed by atoms with Crippen molar-refractivity contribution in [3.05, 3.63) is 59.8 Å². The molecule has 0 aliphatic carbocycles. The number of carbonyl (C=O) groups excluding carboxylic acids is 1. The highest BCUT2D eigenvalue weighted by molar-refractivity contribution is 7.99. The number of para-hydroxylation sites is 1. The lowest BCUT2D eigenvalue weighted by Crippen LogP contribution is -2.30. The monoisotopic (exact) mass is 475 g/mol. The third kappa shape index (κ3) is 4.90. The summed E-state index contributed by atoms with van der Waals surface area (Å²) in [4.78, 5) is 22.3. The van der Waals surface area contributed by atoms with Crippen LogP contribution in [0.15, 0.2) is 53.7 Å². The number of hydrogen-bond donors (Lipinski definition) is 0. The summed E-state index contributed by atoms with van der Waals surface area (Å²) >= 11 is 0.877. The zero-order chi connectivity index (χ0) is 23.6. The molecule has 0 radical (unpaired) electrons. The summed E-state index contributed by atoms with van der Waals surface area (Å²) < 4.78 is 51.0. The summed E-state index contributed by atoms with van der Waals surface area (Å²) in [6.45, 7) is 0.541. The van der Waals surface area contributed by atoms with Gasteiger partial charge in [-0.1, -0.05) is 30.0 Å². The quantitative estimate of drug-likeness (QED) is 0.375. The van der Waals surface area contributed by atoms with Gasteiger partial charge in [0, 0.05) is 17.8 Å². The van der Waals surface area contributed by atoms with Gasteiger partial charge >= 0.3 is 6.18 Å². The number of carbonyl (C=O) groups is 1. The van der Waals surface area contributed by atoms with E-state index in [1.54, 1.807) is 23.1 Å². The average Bonchev–Trinajstić information content (AvgIpc) is 3.25. The Labute approximate surface area is 192 Å². The number of hydrogen-bond acceptors (Lipinski definition) is 6. The van der Waals surface area contributed by atoms with Gasteiger partial charge in [-0.2, -0.15) is 13.2 Å². The second-order valence-corrected chi connectivity index (χ2v) is 8.14. The molecule has 0 N–H and O–H groups in total. The fourth-order valence-corrected chi connectivity index (χ4v) is 4.31. The molecule has 33 heavy (non-hydrogen) atoms. The minimum atomic E-state index is -4.67. The largest absolute Gasteiger partial charge is 0.493 e. The molecular weight excluding hydrogens is 455 g/mol. The Morgan fingerprint density at radius 1 is 1.06 bits per heavy atom. The first-order valence-corrected chi connectivity index (χ1v) is 11.0. The summed E-state index contributed by atoms with van der Waals surface area (Å²) in [6, 6.07) is 13.2. The molecule has 2 aromatic carbocycles. The molecule has 10 heteroatoms. The highest BCUT2D eigenvalue weighted by Crippen LogP contribution is 2.36. The number of aromatic nitrogens is 2. The van der Waals surface area contributed by atoms with Crippen molar-refractivity contribution >= 4 is 23.4 Å². The number of methoxy groups -OCH3 is 2. The van der Waals surface area contributed by atoms with Crippen LogP contribution in [0.1, 0.15) is 11.3 Å². The Kier molecular flexibility index (Phi) is 6.46. The van der Waals surface area contributed by atoms with Gasteiger partial charge in [-0.3, -0.25) is 4.79 Å². The van der Waals surface area contributed by atoms with E-state index in [2.05, 4.69) is 9.97 Å². The topological polar surface area (TPSA) is 64.5 Å². The van der Waals surface area contributed by atoms with Gasteiger partial charge in [0.25, 0.3) is 0 Å². The number of alkyl halides is 3. The summed E-state index contributed by atoms with van der Waals surface area (Å²) in [7, 11) is 2.90. The number of fused-ring (bicyclic) bond motifs is 1. The van der Waals surface area contributed by atoms with Crippen LogP contribution in [0.5, 0.6) is 11.5 Å². The zero-order valence-corrected chi connectivity index (χ0v) is 18.7. The lowest BCUT2D eigenvalue weighted by atomic mass is 10.1. The highest BCUT2D eigenvalue weighted by atomic mass is 32.2. The molecule has 1 aliphatic rings. The van der Waals surface area contributed by atoms with E-state index in [9.17, 15) is 18.0 Å². The molecule has 1 aliphatic heterocycles. The SMILES string of the molecule is COc1ccc(-c2cc(C(F)(F)F)nc(SCC(=O)N3CCc4ccccc43)n2)cc1OC. The maximum absolute atomic E-state index is 13.5. The number of rotatable bonds is 6. The number of anilines is 1. The van der Waals surface area contributed by atoms with E-state index in [1.807, 2.05) is 24.3 Å². The van der Waals surface area contributed by atoms with Crippen molar-refractivity contribution in [1.82, 2.24) is 9.97 Å². The van der Waals surface area contributed by atoms with Crippen molar-refractivity contribution in [3.63, 3.8) is 0 Å². The molecule has 2 heterocycles. The van der Waals surface area contributed by atoms with Crippen LogP contribution in [0.4, 0.5) is 18.9 Å². The van der Waals surface area contributed by atoms with E-state index in [-0.39, 0.29) is 22.5 Å². The summed E-state index contributed by atoms with van der Waals surface area (Å²) in [5.74, 6) is 0.511. The van der Waals surface area contributed by atoms with Crippen molar-refractivity contribution in [1.29, 1.82) is 0 Å². The number of thioether (sulfide) groups is 1. The fraction of sp³-hybridized carbons (Fsp3) is 0.261. The van der Waals surface area contributed by atoms with Crippen molar-refractivity contribution in [2.24, 2.45) is 0 Å². The fourth-order valence-electron chi connectivity index (χ4n) is 3.58. The Morgan fingerprint density at radius 3 is 2.55 bits per heavy atom. The Morgan fingerprint density at radius 2 is 1.82 bits per heavy atom. The van der Waals surface area contributed by atoms with E-state index in [4.69, 9.17) is 9.47 Å². The maximum atomic E-state index is 13.5. The number of nitrogens with zero attached hydrogens (tertiary/aromatic N) is 3. The standard InChI is InChI=1S/C23H20F3N3O3S/c1-31-18-8-7-15(11-19(18)32-2)16-12-20(23(24,25)26)28-22(27-16)33-13-21(30)29-10-9-14-5-3-4-6-17(14)29/h3-8,11-12H,9-10,13H2,1-2H3. The molecule has 172 valence electrons. The number of benzene rings is 2. The second-order valence-electron chi connectivity index (χ2n) is 7.20. The van der Waals surface area contributed by atoms with Crippen LogP contribution in [0.25, 0.3) is 11.3 Å². The van der Waals surface area contributed by atoms with Crippen molar-refractivity contribution in [3.8, 4) is 22.8 Å². The molecule has 0 bridgehead atoms. The summed E-state index contributed by atoms with van der Waals surface area (Å²) in [6.07, 6.45) is -3.92. The summed E-state index contributed by atoms with van der Waals surface area (Å²) in [5, 5.41) is -0.129. The minimum Gasteiger partial charge on any atom is -0.493 e. The molecular formula is C23H20F3N3O3S. The van der Waals surface area contributed by atoms with E-state index < -0.39 is 11.9 Å². The molecule has 0 spiro atoms. The van der Waals surface area contributed by atoms with Gasteiger partial charge in [0.15, 0.2) is 16.7 Å². The molecule has 0 fully saturated rings.